The van der Waals surface area contributed by atoms with E-state index in [1.807, 2.05) is 0 Å². The van der Waals surface area contributed by atoms with Crippen LogP contribution >= 0.6 is 0 Å². The molecule has 0 spiro atoms. The van der Waals surface area contributed by atoms with E-state index in [2.05, 4.69) is 0 Å². The first-order valence-corrected chi connectivity index (χ1v) is 3.70. The molecular weight excluding hydrogens is 215 g/mol. The molecule has 0 aromatic heterocycles. The van der Waals surface area contributed by atoms with Crippen LogP contribution in [0.5, 0.6) is 0 Å². The quantitative estimate of drug-likeness (QED) is 0.444. The molecule has 0 unspecified atom stereocenters. The number of nitro groups is 1. The zero-order chi connectivity index (χ0) is 11.6. The predicted octanol–water partition coefficient (Wildman–Crippen LogP) is 2.18. The largest absolute Gasteiger partial charge is 0.304 e. The number of carbonyl (C=O) groups excluding carboxylic acids is 1. The summed E-state index contributed by atoms with van der Waals surface area (Å²) in [7, 11) is 0. The molecule has 7 heteroatoms. The molecule has 0 N–H and O–H groups in total. The number of hydrogen-bond donors (Lipinski definition) is 0. The van der Waals surface area contributed by atoms with Crippen molar-refractivity contribution in [1.29, 1.82) is 0 Å². The van der Waals surface area contributed by atoms with E-state index in [1.165, 1.54) is 0 Å². The van der Waals surface area contributed by atoms with Gasteiger partial charge in [0.05, 0.1) is 4.92 Å². The van der Waals surface area contributed by atoms with Gasteiger partial charge in [-0.05, 0) is 12.1 Å². The van der Waals surface area contributed by atoms with Gasteiger partial charge in [0.25, 0.3) is 0 Å². The van der Waals surface area contributed by atoms with Crippen LogP contribution in [0.2, 0.25) is 0 Å². The number of ketones is 1. The van der Waals surface area contributed by atoms with Gasteiger partial charge in [-0.1, -0.05) is 0 Å². The Bertz CT molecular complexity index is 420. The van der Waals surface area contributed by atoms with Gasteiger partial charge in [0.15, 0.2) is 0 Å². The normalized spacial score (nSPS) is 10.4. The van der Waals surface area contributed by atoms with Gasteiger partial charge in [0.1, 0.15) is 0 Å². The van der Waals surface area contributed by atoms with Crippen molar-refractivity contribution < 1.29 is 22.9 Å². The van der Waals surface area contributed by atoms with Crippen molar-refractivity contribution in [2.75, 3.05) is 0 Å². The van der Waals surface area contributed by atoms with E-state index in [-0.39, 0.29) is 0 Å². The summed E-state index contributed by atoms with van der Waals surface area (Å²) < 4.78 is 36.7. The third-order valence-corrected chi connectivity index (χ3v) is 1.63. The molecule has 0 saturated heterocycles. The summed E-state index contributed by atoms with van der Waals surface area (Å²) in [5.41, 5.74) is -1.45. The van der Waals surface area contributed by atoms with Crippen LogP contribution in [0, 0.1) is 15.9 Å². The Morgan fingerprint density at radius 3 is 2.40 bits per heavy atom. The predicted molar refractivity (Wildman–Crippen MR) is 43.4 cm³/mol. The number of carbonyl (C=O) groups is 1. The van der Waals surface area contributed by atoms with Crippen molar-refractivity contribution in [3.8, 4) is 0 Å². The lowest BCUT2D eigenvalue weighted by Gasteiger charge is -1.99. The summed E-state index contributed by atoms with van der Waals surface area (Å²) in [6.45, 7) is 0. The molecule has 0 atom stereocenters. The molecule has 1 rings (SSSR count). The molecule has 15 heavy (non-hydrogen) atoms. The first-order valence-electron chi connectivity index (χ1n) is 3.70. The van der Waals surface area contributed by atoms with Crippen LogP contribution in [-0.2, 0) is 0 Å². The summed E-state index contributed by atoms with van der Waals surface area (Å²) in [5, 5.41) is 10.2. The van der Waals surface area contributed by atoms with Crippen molar-refractivity contribution in [3.63, 3.8) is 0 Å². The molecule has 1 aromatic rings. The van der Waals surface area contributed by atoms with Crippen molar-refractivity contribution in [3.05, 3.63) is 39.7 Å². The van der Waals surface area contributed by atoms with E-state index in [9.17, 15) is 28.1 Å². The highest BCUT2D eigenvalue weighted by atomic mass is 19.3. The number of halogens is 3. The average Bonchev–Trinajstić information content (AvgIpc) is 2.15. The van der Waals surface area contributed by atoms with Gasteiger partial charge in [-0.2, -0.15) is 4.39 Å². The minimum atomic E-state index is -3.26. The number of nitro benzene ring substituents is 1. The fourth-order valence-electron chi connectivity index (χ4n) is 0.934. The summed E-state index contributed by atoms with van der Waals surface area (Å²) >= 11 is 0. The van der Waals surface area contributed by atoms with Crippen molar-refractivity contribution in [2.45, 2.75) is 6.43 Å². The van der Waals surface area contributed by atoms with Crippen LogP contribution in [0.4, 0.5) is 18.9 Å². The van der Waals surface area contributed by atoms with Crippen LogP contribution in [0.25, 0.3) is 0 Å². The van der Waals surface area contributed by atoms with Crippen molar-refractivity contribution >= 4 is 11.5 Å². The van der Waals surface area contributed by atoms with Crippen LogP contribution in [0.1, 0.15) is 10.4 Å². The second-order valence-corrected chi connectivity index (χ2v) is 2.59. The molecule has 80 valence electrons. The van der Waals surface area contributed by atoms with Gasteiger partial charge in [-0.3, -0.25) is 14.9 Å². The molecule has 0 amide bonds. The Balaban J connectivity index is 3.12. The van der Waals surface area contributed by atoms with Crippen LogP contribution < -0.4 is 0 Å². The molecule has 0 aliphatic carbocycles. The lowest BCUT2D eigenvalue weighted by molar-refractivity contribution is -0.387. The monoisotopic (exact) mass is 219 g/mol. The molecular formula is C8H4F3NO3. The average molecular weight is 219 g/mol. The second kappa shape index (κ2) is 4.07. The van der Waals surface area contributed by atoms with Crippen molar-refractivity contribution in [1.82, 2.24) is 0 Å². The van der Waals surface area contributed by atoms with E-state index in [1.54, 1.807) is 0 Å². The van der Waals surface area contributed by atoms with E-state index >= 15 is 0 Å². The lowest BCUT2D eigenvalue weighted by atomic mass is 10.1. The number of rotatable bonds is 3. The lowest BCUT2D eigenvalue weighted by Crippen LogP contribution is -2.10. The van der Waals surface area contributed by atoms with Gasteiger partial charge in [0.2, 0.25) is 11.6 Å². The Morgan fingerprint density at radius 2 is 2.00 bits per heavy atom. The Labute approximate surface area is 81.5 Å². The van der Waals surface area contributed by atoms with Crippen LogP contribution in [0.3, 0.4) is 0 Å². The number of alkyl halides is 2. The van der Waals surface area contributed by atoms with Gasteiger partial charge in [-0.15, -0.1) is 0 Å². The molecule has 0 radical (unpaired) electrons. The molecule has 4 nitrogen and oxygen atoms in total. The van der Waals surface area contributed by atoms with E-state index in [4.69, 9.17) is 0 Å². The standard InChI is InChI=1S/C8H4F3NO3/c9-5-3-4(7(13)8(10)11)1-2-6(5)12(14)15/h1-3,8H. The highest BCUT2D eigenvalue weighted by Gasteiger charge is 2.21. The summed E-state index contributed by atoms with van der Waals surface area (Å²) in [5.74, 6) is -2.88. The van der Waals surface area contributed by atoms with Gasteiger partial charge in [0, 0.05) is 11.6 Å². The maximum Gasteiger partial charge on any atom is 0.304 e. The number of nitrogens with zero attached hydrogens (tertiary/aromatic N) is 1. The Kier molecular flexibility index (Phi) is 3.03. The van der Waals surface area contributed by atoms with Crippen LogP contribution in [-0.4, -0.2) is 17.1 Å². The van der Waals surface area contributed by atoms with Gasteiger partial charge in [-0.25, -0.2) is 8.78 Å². The smallest absolute Gasteiger partial charge is 0.288 e. The number of Topliss-reactive ketones (excluding diaryl/α,β-unsaturated/α-hetero) is 1. The zero-order valence-corrected chi connectivity index (χ0v) is 7.12. The van der Waals surface area contributed by atoms with Gasteiger partial charge >= 0.3 is 12.1 Å². The SMILES string of the molecule is O=C(c1ccc([N+](=O)[O-])c(F)c1)C(F)F. The highest BCUT2D eigenvalue weighted by molar-refractivity contribution is 5.98. The van der Waals surface area contributed by atoms with Gasteiger partial charge < -0.3 is 0 Å². The fourth-order valence-corrected chi connectivity index (χ4v) is 0.934. The highest BCUT2D eigenvalue weighted by Crippen LogP contribution is 2.19. The maximum absolute atomic E-state index is 12.9. The number of hydrogen-bond acceptors (Lipinski definition) is 3. The summed E-state index contributed by atoms with van der Waals surface area (Å²) in [4.78, 5) is 19.9. The fraction of sp³-hybridized carbons (Fsp3) is 0.125. The third-order valence-electron chi connectivity index (χ3n) is 1.63. The summed E-state index contributed by atoms with van der Waals surface area (Å²) in [6, 6.07) is 1.88. The van der Waals surface area contributed by atoms with E-state index < -0.39 is 34.2 Å². The Morgan fingerprint density at radius 1 is 1.40 bits per heavy atom. The third kappa shape index (κ3) is 2.30. The first kappa shape index (κ1) is 11.2. The molecule has 0 bridgehead atoms. The Hall–Kier alpha value is -1.92. The number of benzene rings is 1. The molecule has 0 saturated carbocycles. The van der Waals surface area contributed by atoms with E-state index in [0.717, 1.165) is 6.07 Å². The molecule has 0 aliphatic rings. The molecule has 0 heterocycles. The molecule has 0 fully saturated rings. The van der Waals surface area contributed by atoms with Crippen LogP contribution in [0.15, 0.2) is 18.2 Å². The molecule has 0 aliphatic heterocycles. The minimum absolute atomic E-state index is 0.423. The van der Waals surface area contributed by atoms with E-state index in [0.29, 0.717) is 12.1 Å². The first-order chi connectivity index (χ1) is 6.93. The maximum atomic E-state index is 12.9. The van der Waals surface area contributed by atoms with Crippen molar-refractivity contribution in [2.24, 2.45) is 0 Å². The minimum Gasteiger partial charge on any atom is -0.288 e. The zero-order valence-electron chi connectivity index (χ0n) is 7.12. The summed E-state index contributed by atoms with van der Waals surface area (Å²) in [6.07, 6.45) is -3.26. The molecule has 1 aromatic carbocycles. The second-order valence-electron chi connectivity index (χ2n) is 2.59. The topological polar surface area (TPSA) is 60.2 Å².